The van der Waals surface area contributed by atoms with Gasteiger partial charge in [-0.05, 0) is 54.5 Å². The molecule has 0 spiro atoms. The Balaban J connectivity index is 1.64. The number of carboxylic acid groups (broad SMARTS) is 1. The molecule has 1 aliphatic carbocycles. The maximum atomic E-state index is 13.0. The summed E-state index contributed by atoms with van der Waals surface area (Å²) >= 11 is 0. The van der Waals surface area contributed by atoms with Crippen LogP contribution in [0.3, 0.4) is 0 Å². The Labute approximate surface area is 218 Å². The number of hydrogen-bond acceptors (Lipinski definition) is 2. The van der Waals surface area contributed by atoms with Crippen molar-refractivity contribution in [3.8, 4) is 11.3 Å². The average Bonchev–Trinajstić information content (AvgIpc) is 3.50. The zero-order chi connectivity index (χ0) is 25.9. The van der Waals surface area contributed by atoms with Crippen molar-refractivity contribution in [3.05, 3.63) is 83.7 Å². The average molecular weight is 498 g/mol. The van der Waals surface area contributed by atoms with Crippen molar-refractivity contribution in [2.75, 3.05) is 14.1 Å². The van der Waals surface area contributed by atoms with Crippen LogP contribution in [0.15, 0.2) is 67.0 Å². The number of carbonyl (C=O) groups is 2. The fraction of sp³-hybridized carbons (Fsp3) is 0.355. The molecule has 0 atom stereocenters. The van der Waals surface area contributed by atoms with E-state index < -0.39 is 5.97 Å². The number of carbonyl (C=O) groups excluding carboxylic acids is 1. The molecule has 0 unspecified atom stereocenters. The van der Waals surface area contributed by atoms with Crippen molar-refractivity contribution in [3.63, 3.8) is 0 Å². The van der Waals surface area contributed by atoms with Crippen LogP contribution in [0, 0.1) is 0 Å². The highest BCUT2D eigenvalue weighted by molar-refractivity contribution is 5.99. The van der Waals surface area contributed by atoms with Crippen LogP contribution in [-0.4, -0.2) is 45.1 Å². The Hall–Kier alpha value is -3.80. The van der Waals surface area contributed by atoms with Gasteiger partial charge in [0.1, 0.15) is 6.54 Å². The van der Waals surface area contributed by atoms with Gasteiger partial charge in [-0.15, -0.1) is 0 Å². The van der Waals surface area contributed by atoms with Crippen LogP contribution in [0.2, 0.25) is 0 Å². The Morgan fingerprint density at radius 1 is 1.00 bits per heavy atom. The fourth-order valence-corrected chi connectivity index (χ4v) is 5.69. The van der Waals surface area contributed by atoms with Crippen molar-refractivity contribution in [1.82, 2.24) is 14.0 Å². The van der Waals surface area contributed by atoms with Gasteiger partial charge in [0.2, 0.25) is 5.91 Å². The Morgan fingerprint density at radius 2 is 1.76 bits per heavy atom. The van der Waals surface area contributed by atoms with Gasteiger partial charge in [0.05, 0.1) is 16.8 Å². The molecular formula is C31H35N3O3. The largest absolute Gasteiger partial charge is 0.478 e. The highest BCUT2D eigenvalue weighted by atomic mass is 16.4. The molecule has 6 heteroatoms. The van der Waals surface area contributed by atoms with Crippen LogP contribution in [0.4, 0.5) is 0 Å². The molecule has 2 heterocycles. The molecule has 37 heavy (non-hydrogen) atoms. The van der Waals surface area contributed by atoms with Crippen molar-refractivity contribution in [1.29, 1.82) is 0 Å². The topological polar surface area (TPSA) is 67.5 Å². The molecule has 2 aromatic heterocycles. The molecule has 0 radical (unpaired) electrons. The van der Waals surface area contributed by atoms with Gasteiger partial charge in [0, 0.05) is 44.0 Å². The summed E-state index contributed by atoms with van der Waals surface area (Å²) in [4.78, 5) is 26.4. The summed E-state index contributed by atoms with van der Waals surface area (Å²) in [7, 11) is 3.52. The van der Waals surface area contributed by atoms with E-state index in [1.807, 2.05) is 12.1 Å². The summed E-state index contributed by atoms with van der Waals surface area (Å²) in [6.07, 6.45) is 11.1. The molecule has 1 amide bonds. The second-order valence-electron chi connectivity index (χ2n) is 10.4. The maximum absolute atomic E-state index is 13.0. The molecule has 0 saturated heterocycles. The van der Waals surface area contributed by atoms with E-state index in [2.05, 4.69) is 51.9 Å². The van der Waals surface area contributed by atoms with Gasteiger partial charge in [-0.25, -0.2) is 4.79 Å². The van der Waals surface area contributed by atoms with Gasteiger partial charge in [-0.1, -0.05) is 55.7 Å². The smallest absolute Gasteiger partial charge is 0.335 e. The SMILES string of the molecule is CN(C)C(=O)Cn1c(-c2ccn(CCc3ccccc3)c2)c(C2CCCCC2)c2ccc(C(=O)O)cc21. The first-order chi connectivity index (χ1) is 17.9. The van der Waals surface area contributed by atoms with E-state index >= 15 is 0 Å². The second kappa shape index (κ2) is 10.7. The van der Waals surface area contributed by atoms with E-state index in [1.54, 1.807) is 31.1 Å². The first-order valence-corrected chi connectivity index (χ1v) is 13.2. The second-order valence-corrected chi connectivity index (χ2v) is 10.4. The number of likely N-dealkylation sites (N-methyl/N-ethyl adjacent to an activating group) is 1. The van der Waals surface area contributed by atoms with E-state index in [4.69, 9.17) is 0 Å². The molecule has 1 fully saturated rings. The minimum atomic E-state index is -0.957. The minimum Gasteiger partial charge on any atom is -0.478 e. The fourth-order valence-electron chi connectivity index (χ4n) is 5.69. The van der Waals surface area contributed by atoms with E-state index in [0.717, 1.165) is 48.0 Å². The van der Waals surface area contributed by atoms with Gasteiger partial charge >= 0.3 is 5.97 Å². The first kappa shape index (κ1) is 24.9. The van der Waals surface area contributed by atoms with Gasteiger partial charge in [0.25, 0.3) is 0 Å². The summed E-state index contributed by atoms with van der Waals surface area (Å²) in [5.41, 5.74) is 5.76. The lowest BCUT2D eigenvalue weighted by molar-refractivity contribution is -0.129. The number of rotatable bonds is 8. The Kier molecular flexibility index (Phi) is 7.17. The lowest BCUT2D eigenvalue weighted by Crippen LogP contribution is -2.26. The first-order valence-electron chi connectivity index (χ1n) is 13.2. The predicted octanol–water partition coefficient (Wildman–Crippen LogP) is 6.19. The van der Waals surface area contributed by atoms with E-state index in [0.29, 0.717) is 5.92 Å². The predicted molar refractivity (Wildman–Crippen MR) is 147 cm³/mol. The third-order valence-electron chi connectivity index (χ3n) is 7.68. The zero-order valence-electron chi connectivity index (χ0n) is 21.7. The third-order valence-corrected chi connectivity index (χ3v) is 7.68. The van der Waals surface area contributed by atoms with Crippen LogP contribution in [-0.2, 0) is 24.3 Å². The number of hydrogen-bond donors (Lipinski definition) is 1. The number of carboxylic acids is 1. The Bertz CT molecular complexity index is 1410. The highest BCUT2D eigenvalue weighted by Gasteiger charge is 2.28. The molecule has 0 bridgehead atoms. The lowest BCUT2D eigenvalue weighted by atomic mass is 9.82. The Morgan fingerprint density at radius 3 is 2.46 bits per heavy atom. The number of nitrogens with zero attached hydrogens (tertiary/aromatic N) is 3. The van der Waals surface area contributed by atoms with Crippen LogP contribution in [0.5, 0.6) is 0 Å². The summed E-state index contributed by atoms with van der Waals surface area (Å²) in [5, 5.41) is 10.8. The number of aromatic nitrogens is 2. The van der Waals surface area contributed by atoms with Gasteiger partial charge in [-0.3, -0.25) is 4.79 Å². The molecule has 6 nitrogen and oxygen atoms in total. The number of amides is 1. The van der Waals surface area contributed by atoms with E-state index in [1.165, 1.54) is 30.4 Å². The van der Waals surface area contributed by atoms with E-state index in [-0.39, 0.29) is 18.0 Å². The van der Waals surface area contributed by atoms with Crippen molar-refractivity contribution >= 4 is 22.8 Å². The molecular weight excluding hydrogens is 462 g/mol. The molecule has 0 aliphatic heterocycles. The molecule has 5 rings (SSSR count). The maximum Gasteiger partial charge on any atom is 0.335 e. The minimum absolute atomic E-state index is 0.0161. The molecule has 4 aromatic rings. The molecule has 192 valence electrons. The van der Waals surface area contributed by atoms with Crippen LogP contribution >= 0.6 is 0 Å². The van der Waals surface area contributed by atoms with Gasteiger partial charge in [0.15, 0.2) is 0 Å². The van der Waals surface area contributed by atoms with Crippen molar-refractivity contribution in [2.45, 2.75) is 57.5 Å². The van der Waals surface area contributed by atoms with Gasteiger partial charge < -0.3 is 19.1 Å². The third kappa shape index (κ3) is 5.19. The number of fused-ring (bicyclic) bond motifs is 1. The monoisotopic (exact) mass is 497 g/mol. The molecule has 1 saturated carbocycles. The standard InChI is InChI=1S/C31H35N3O3/c1-32(2)28(35)21-34-27-19-24(31(36)37)13-14-26(27)29(23-11-7-4-8-12-23)30(34)25-16-18-33(20-25)17-15-22-9-5-3-6-10-22/h3,5-6,9-10,13-14,16,18-20,23H,4,7-8,11-12,15,17,21H2,1-2H3,(H,36,37). The number of aromatic carboxylic acids is 1. The summed E-state index contributed by atoms with van der Waals surface area (Å²) in [6, 6.07) is 18.0. The zero-order valence-corrected chi connectivity index (χ0v) is 21.7. The normalized spacial score (nSPS) is 14.2. The van der Waals surface area contributed by atoms with E-state index in [9.17, 15) is 14.7 Å². The van der Waals surface area contributed by atoms with Crippen LogP contribution in [0.1, 0.15) is 59.5 Å². The van der Waals surface area contributed by atoms with Crippen molar-refractivity contribution < 1.29 is 14.7 Å². The molecule has 2 aromatic carbocycles. The lowest BCUT2D eigenvalue weighted by Gasteiger charge is -2.23. The summed E-state index contributed by atoms with van der Waals surface area (Å²) < 4.78 is 4.27. The quantitative estimate of drug-likeness (QED) is 0.316. The molecule has 1 aliphatic rings. The number of benzene rings is 2. The van der Waals surface area contributed by atoms with Crippen LogP contribution < -0.4 is 0 Å². The van der Waals surface area contributed by atoms with Crippen LogP contribution in [0.25, 0.3) is 22.2 Å². The number of aryl methyl sites for hydroxylation is 2. The molecule has 1 N–H and O–H groups in total. The summed E-state index contributed by atoms with van der Waals surface area (Å²) in [6.45, 7) is 1.03. The highest BCUT2D eigenvalue weighted by Crippen LogP contribution is 2.44. The summed E-state index contributed by atoms with van der Waals surface area (Å²) in [5.74, 6) is -0.579. The van der Waals surface area contributed by atoms with Gasteiger partial charge in [-0.2, -0.15) is 0 Å². The van der Waals surface area contributed by atoms with Crippen molar-refractivity contribution in [2.24, 2.45) is 0 Å².